The van der Waals surface area contributed by atoms with Crippen molar-refractivity contribution in [1.82, 2.24) is 0 Å². The Kier molecular flexibility index (Phi) is 6.07. The van der Waals surface area contributed by atoms with E-state index in [2.05, 4.69) is 21.2 Å². The molecule has 3 aromatic rings. The second-order valence-electron chi connectivity index (χ2n) is 5.19. The largest absolute Gasteiger partial charge is 0.322 e. The van der Waals surface area contributed by atoms with Crippen LogP contribution >= 0.6 is 50.9 Å². The van der Waals surface area contributed by atoms with E-state index in [1.165, 1.54) is 0 Å². The number of hydrogen-bond acceptors (Lipinski definition) is 2. The fourth-order valence-corrected chi connectivity index (χ4v) is 3.74. The zero-order chi connectivity index (χ0) is 17.8. The molecule has 0 spiro atoms. The Bertz CT molecular complexity index is 878. The molecule has 0 bridgehead atoms. The minimum absolute atomic E-state index is 0.252. The summed E-state index contributed by atoms with van der Waals surface area (Å²) >= 11 is 17.0. The summed E-state index contributed by atoms with van der Waals surface area (Å²) in [5.41, 5.74) is 1.13. The second-order valence-corrected chi connectivity index (χ2v) is 8.13. The summed E-state index contributed by atoms with van der Waals surface area (Å²) < 4.78 is 1.05. The summed E-state index contributed by atoms with van der Waals surface area (Å²) in [6.45, 7) is 0. The molecular formula is C19H12BrCl2NOS. The summed E-state index contributed by atoms with van der Waals surface area (Å²) in [5.74, 6) is -0.252. The van der Waals surface area contributed by atoms with E-state index in [1.54, 1.807) is 30.0 Å². The van der Waals surface area contributed by atoms with Crippen molar-refractivity contribution in [3.63, 3.8) is 0 Å². The third kappa shape index (κ3) is 5.25. The number of anilines is 1. The first-order chi connectivity index (χ1) is 12.0. The van der Waals surface area contributed by atoms with Crippen LogP contribution in [0.25, 0.3) is 0 Å². The number of benzene rings is 3. The van der Waals surface area contributed by atoms with Gasteiger partial charge in [0.15, 0.2) is 0 Å². The van der Waals surface area contributed by atoms with Gasteiger partial charge in [-0.2, -0.15) is 0 Å². The maximum absolute atomic E-state index is 12.3. The number of amides is 1. The van der Waals surface area contributed by atoms with Crippen molar-refractivity contribution in [1.29, 1.82) is 0 Å². The van der Waals surface area contributed by atoms with E-state index >= 15 is 0 Å². The molecule has 0 fully saturated rings. The molecule has 0 aromatic heterocycles. The van der Waals surface area contributed by atoms with Gasteiger partial charge < -0.3 is 5.32 Å². The Hall–Kier alpha value is -1.46. The third-order valence-corrected chi connectivity index (χ3v) is 5.27. The summed E-state index contributed by atoms with van der Waals surface area (Å²) in [7, 11) is 0. The molecule has 25 heavy (non-hydrogen) atoms. The lowest BCUT2D eigenvalue weighted by atomic mass is 10.2. The second kappa shape index (κ2) is 8.28. The van der Waals surface area contributed by atoms with Gasteiger partial charge in [-0.15, -0.1) is 0 Å². The van der Waals surface area contributed by atoms with Gasteiger partial charge in [0, 0.05) is 35.6 Å². The monoisotopic (exact) mass is 451 g/mol. The van der Waals surface area contributed by atoms with Crippen LogP contribution in [0.3, 0.4) is 0 Å². The zero-order valence-electron chi connectivity index (χ0n) is 12.8. The van der Waals surface area contributed by atoms with Crippen molar-refractivity contribution < 1.29 is 4.79 Å². The van der Waals surface area contributed by atoms with Gasteiger partial charge in [-0.3, -0.25) is 4.79 Å². The van der Waals surface area contributed by atoms with Crippen LogP contribution in [0.5, 0.6) is 0 Å². The van der Waals surface area contributed by atoms with Crippen LogP contribution in [-0.4, -0.2) is 5.91 Å². The average molecular weight is 453 g/mol. The van der Waals surface area contributed by atoms with Crippen LogP contribution in [0.15, 0.2) is 81.0 Å². The van der Waals surface area contributed by atoms with Crippen molar-refractivity contribution in [2.45, 2.75) is 9.79 Å². The molecule has 0 aliphatic rings. The van der Waals surface area contributed by atoms with E-state index < -0.39 is 0 Å². The maximum Gasteiger partial charge on any atom is 0.255 e. The van der Waals surface area contributed by atoms with Gasteiger partial charge in [0.05, 0.1) is 0 Å². The van der Waals surface area contributed by atoms with Gasteiger partial charge in [-0.05, 0) is 66.7 Å². The lowest BCUT2D eigenvalue weighted by Gasteiger charge is -2.07. The summed E-state index contributed by atoms with van der Waals surface area (Å²) in [6.07, 6.45) is 0. The predicted molar refractivity (Wildman–Crippen MR) is 109 cm³/mol. The molecule has 0 atom stereocenters. The highest BCUT2D eigenvalue weighted by atomic mass is 79.9. The molecule has 0 heterocycles. The highest BCUT2D eigenvalue weighted by Crippen LogP contribution is 2.29. The molecular weight excluding hydrogens is 441 g/mol. The van der Waals surface area contributed by atoms with Gasteiger partial charge in [-0.1, -0.05) is 50.9 Å². The van der Waals surface area contributed by atoms with Crippen LogP contribution in [-0.2, 0) is 0 Å². The molecule has 6 heteroatoms. The summed E-state index contributed by atoms with van der Waals surface area (Å²) in [4.78, 5) is 14.5. The Morgan fingerprint density at radius 1 is 0.840 bits per heavy atom. The standard InChI is InChI=1S/C19H12BrCl2NOS/c20-13-1-5-17(6-2-13)25-18-7-3-16(4-8-18)23-19(24)12-9-14(21)11-15(22)10-12/h1-11H,(H,23,24). The lowest BCUT2D eigenvalue weighted by molar-refractivity contribution is 0.102. The predicted octanol–water partition coefficient (Wildman–Crippen LogP) is 7.16. The van der Waals surface area contributed by atoms with Crippen LogP contribution in [0, 0.1) is 0 Å². The smallest absolute Gasteiger partial charge is 0.255 e. The van der Waals surface area contributed by atoms with E-state index in [-0.39, 0.29) is 5.91 Å². The molecule has 3 rings (SSSR count). The van der Waals surface area contributed by atoms with Crippen molar-refractivity contribution in [2.75, 3.05) is 5.32 Å². The van der Waals surface area contributed by atoms with Crippen molar-refractivity contribution in [3.05, 3.63) is 86.8 Å². The molecule has 2 nitrogen and oxygen atoms in total. The van der Waals surface area contributed by atoms with Crippen molar-refractivity contribution in [3.8, 4) is 0 Å². The Morgan fingerprint density at radius 3 is 1.92 bits per heavy atom. The first kappa shape index (κ1) is 18.3. The van der Waals surface area contributed by atoms with Crippen molar-refractivity contribution in [2.24, 2.45) is 0 Å². The number of hydrogen-bond donors (Lipinski definition) is 1. The van der Waals surface area contributed by atoms with Gasteiger partial charge in [0.2, 0.25) is 0 Å². The minimum Gasteiger partial charge on any atom is -0.322 e. The van der Waals surface area contributed by atoms with E-state index in [0.717, 1.165) is 14.3 Å². The minimum atomic E-state index is -0.252. The number of halogens is 3. The topological polar surface area (TPSA) is 29.1 Å². The molecule has 1 amide bonds. The van der Waals surface area contributed by atoms with Gasteiger partial charge in [0.1, 0.15) is 0 Å². The zero-order valence-corrected chi connectivity index (χ0v) is 16.7. The Balaban J connectivity index is 1.67. The van der Waals surface area contributed by atoms with Crippen LogP contribution in [0.2, 0.25) is 10.0 Å². The van der Waals surface area contributed by atoms with E-state index in [9.17, 15) is 4.79 Å². The first-order valence-electron chi connectivity index (χ1n) is 7.30. The van der Waals surface area contributed by atoms with Crippen molar-refractivity contribution >= 4 is 62.5 Å². The van der Waals surface area contributed by atoms with Crippen LogP contribution in [0.4, 0.5) is 5.69 Å². The molecule has 0 radical (unpaired) electrons. The maximum atomic E-state index is 12.3. The Labute approximate surface area is 168 Å². The third-order valence-electron chi connectivity index (χ3n) is 3.29. The molecule has 3 aromatic carbocycles. The lowest BCUT2D eigenvalue weighted by Crippen LogP contribution is -2.11. The number of carbonyl (C=O) groups excluding carboxylic acids is 1. The summed E-state index contributed by atoms with van der Waals surface area (Å²) in [5, 5.41) is 3.70. The quantitative estimate of drug-likeness (QED) is 0.454. The van der Waals surface area contributed by atoms with Gasteiger partial charge in [-0.25, -0.2) is 0 Å². The fourth-order valence-electron chi connectivity index (χ4n) is 2.13. The molecule has 0 saturated carbocycles. The number of rotatable bonds is 4. The van der Waals surface area contributed by atoms with Crippen LogP contribution in [0.1, 0.15) is 10.4 Å². The van der Waals surface area contributed by atoms with Gasteiger partial charge >= 0.3 is 0 Å². The van der Waals surface area contributed by atoms with E-state index in [4.69, 9.17) is 23.2 Å². The highest BCUT2D eigenvalue weighted by Gasteiger charge is 2.08. The van der Waals surface area contributed by atoms with Gasteiger partial charge in [0.25, 0.3) is 5.91 Å². The van der Waals surface area contributed by atoms with E-state index in [1.807, 2.05) is 48.5 Å². The summed E-state index contributed by atoms with van der Waals surface area (Å²) in [6, 6.07) is 20.5. The van der Waals surface area contributed by atoms with E-state index in [0.29, 0.717) is 21.3 Å². The Morgan fingerprint density at radius 2 is 1.36 bits per heavy atom. The van der Waals surface area contributed by atoms with Crippen LogP contribution < -0.4 is 5.32 Å². The number of nitrogens with one attached hydrogen (secondary N) is 1. The normalized spacial score (nSPS) is 10.5. The first-order valence-corrected chi connectivity index (χ1v) is 9.67. The molecule has 0 saturated heterocycles. The average Bonchev–Trinajstić information content (AvgIpc) is 2.58. The fraction of sp³-hybridized carbons (Fsp3) is 0. The molecule has 126 valence electrons. The molecule has 0 aliphatic heterocycles. The molecule has 0 unspecified atom stereocenters. The SMILES string of the molecule is O=C(Nc1ccc(Sc2ccc(Br)cc2)cc1)c1cc(Cl)cc(Cl)c1. The molecule has 0 aliphatic carbocycles. The molecule has 1 N–H and O–H groups in total. The number of carbonyl (C=O) groups is 1. The highest BCUT2D eigenvalue weighted by molar-refractivity contribution is 9.10.